The maximum absolute atomic E-state index is 12.5. The van der Waals surface area contributed by atoms with Gasteiger partial charge in [0.1, 0.15) is 10.6 Å². The lowest BCUT2D eigenvalue weighted by Gasteiger charge is -2.29. The van der Waals surface area contributed by atoms with Crippen molar-refractivity contribution >= 4 is 44.2 Å². The lowest BCUT2D eigenvalue weighted by molar-refractivity contribution is -0.113. The molecule has 0 bridgehead atoms. The van der Waals surface area contributed by atoms with E-state index in [2.05, 4.69) is 9.71 Å². The number of hydrogen-bond donors (Lipinski definition) is 1. The molecule has 148 valence electrons. The van der Waals surface area contributed by atoms with E-state index >= 15 is 0 Å². The molecular weight excluding hydrogens is 398 g/mol. The van der Waals surface area contributed by atoms with E-state index in [0.29, 0.717) is 28.8 Å². The molecule has 1 N–H and O–H groups in total. The summed E-state index contributed by atoms with van der Waals surface area (Å²) in [6.07, 6.45) is 0.807. The van der Waals surface area contributed by atoms with Gasteiger partial charge in [-0.3, -0.25) is 4.79 Å². The minimum atomic E-state index is -3.79. The van der Waals surface area contributed by atoms with E-state index in [1.54, 1.807) is 42.5 Å². The number of fused-ring (bicyclic) bond motifs is 1. The van der Waals surface area contributed by atoms with Crippen LogP contribution in [-0.2, 0) is 14.8 Å². The summed E-state index contributed by atoms with van der Waals surface area (Å²) in [5.74, 6) is 0.305. The number of methoxy groups -OCH3 is 1. The Kier molecular flexibility index (Phi) is 6.25. The third-order valence-corrected chi connectivity index (χ3v) is 6.43. The average Bonchev–Trinajstić information content (AvgIpc) is 2.69. The maximum atomic E-state index is 12.5. The van der Waals surface area contributed by atoms with Crippen LogP contribution < -0.4 is 15.0 Å². The van der Waals surface area contributed by atoms with Gasteiger partial charge in [0.15, 0.2) is 5.17 Å². The first-order chi connectivity index (χ1) is 13.5. The number of benzene rings is 2. The number of nitrogens with one attached hydrogen (secondary N) is 1. The third kappa shape index (κ3) is 4.31. The van der Waals surface area contributed by atoms with Crippen molar-refractivity contribution in [3.63, 3.8) is 0 Å². The van der Waals surface area contributed by atoms with E-state index in [-0.39, 0.29) is 16.6 Å². The van der Waals surface area contributed by atoms with Crippen LogP contribution in [0.3, 0.4) is 0 Å². The Morgan fingerprint density at radius 3 is 2.64 bits per heavy atom. The molecule has 0 unspecified atom stereocenters. The SMILES string of the molecule is CCCN1C(SCC(=O)Nc2ccccc2OC)=NS(=O)(=O)c2ccccc21. The number of rotatable bonds is 6. The van der Waals surface area contributed by atoms with Gasteiger partial charge in [0.25, 0.3) is 10.0 Å². The number of carbonyl (C=O) groups excluding carboxylic acids is 1. The van der Waals surface area contributed by atoms with Crippen LogP contribution >= 0.6 is 11.8 Å². The second-order valence-corrected chi connectivity index (χ2v) is 8.52. The minimum Gasteiger partial charge on any atom is -0.495 e. The predicted molar refractivity (Wildman–Crippen MR) is 113 cm³/mol. The molecule has 0 atom stereocenters. The Balaban J connectivity index is 1.77. The zero-order chi connectivity index (χ0) is 20.1. The van der Waals surface area contributed by atoms with Crippen LogP contribution in [-0.4, -0.2) is 38.9 Å². The number of hydrogen-bond acceptors (Lipinski definition) is 6. The highest BCUT2D eigenvalue weighted by atomic mass is 32.2. The van der Waals surface area contributed by atoms with Crippen molar-refractivity contribution in [2.24, 2.45) is 4.40 Å². The van der Waals surface area contributed by atoms with Crippen LogP contribution in [0.5, 0.6) is 5.75 Å². The van der Waals surface area contributed by atoms with Crippen molar-refractivity contribution in [1.29, 1.82) is 0 Å². The fourth-order valence-electron chi connectivity index (χ4n) is 2.81. The predicted octanol–water partition coefficient (Wildman–Crippen LogP) is 3.34. The monoisotopic (exact) mass is 419 g/mol. The molecule has 1 amide bonds. The van der Waals surface area contributed by atoms with Gasteiger partial charge in [0, 0.05) is 6.54 Å². The molecular formula is C19H21N3O4S2. The first kappa shape index (κ1) is 20.2. The molecule has 1 heterocycles. The molecule has 2 aromatic carbocycles. The summed E-state index contributed by atoms with van der Waals surface area (Å²) >= 11 is 1.10. The minimum absolute atomic E-state index is 0.0226. The van der Waals surface area contributed by atoms with Crippen molar-refractivity contribution in [1.82, 2.24) is 0 Å². The molecule has 0 saturated carbocycles. The Morgan fingerprint density at radius 1 is 1.18 bits per heavy atom. The van der Waals surface area contributed by atoms with Gasteiger partial charge in [-0.2, -0.15) is 8.42 Å². The number of carbonyl (C=O) groups is 1. The third-order valence-electron chi connectivity index (χ3n) is 4.02. The zero-order valence-electron chi connectivity index (χ0n) is 15.6. The van der Waals surface area contributed by atoms with Gasteiger partial charge < -0.3 is 15.0 Å². The zero-order valence-corrected chi connectivity index (χ0v) is 17.2. The second kappa shape index (κ2) is 8.66. The summed E-state index contributed by atoms with van der Waals surface area (Å²) < 4.78 is 34.2. The first-order valence-electron chi connectivity index (χ1n) is 8.73. The number of amides is 1. The van der Waals surface area contributed by atoms with Crippen molar-refractivity contribution in [3.05, 3.63) is 48.5 Å². The fraction of sp³-hybridized carbons (Fsp3) is 0.263. The molecule has 28 heavy (non-hydrogen) atoms. The smallest absolute Gasteiger partial charge is 0.286 e. The Morgan fingerprint density at radius 2 is 1.89 bits per heavy atom. The van der Waals surface area contributed by atoms with Crippen LogP contribution in [0.4, 0.5) is 11.4 Å². The van der Waals surface area contributed by atoms with E-state index in [1.807, 2.05) is 17.9 Å². The summed E-state index contributed by atoms with van der Waals surface area (Å²) in [6.45, 7) is 2.61. The van der Waals surface area contributed by atoms with Crippen LogP contribution in [0.15, 0.2) is 57.8 Å². The molecule has 0 spiro atoms. The van der Waals surface area contributed by atoms with Gasteiger partial charge in [-0.15, -0.1) is 4.40 Å². The molecule has 2 aromatic rings. The lowest BCUT2D eigenvalue weighted by atomic mass is 10.3. The number of amidine groups is 1. The highest BCUT2D eigenvalue weighted by molar-refractivity contribution is 8.15. The lowest BCUT2D eigenvalue weighted by Crippen LogP contribution is -2.35. The molecule has 0 saturated heterocycles. The second-order valence-electron chi connectivity index (χ2n) is 6.01. The summed E-state index contributed by atoms with van der Waals surface area (Å²) in [5, 5.41) is 3.08. The van der Waals surface area contributed by atoms with Crippen molar-refractivity contribution in [2.45, 2.75) is 18.2 Å². The molecule has 3 rings (SSSR count). The number of para-hydroxylation sites is 3. The average molecular weight is 420 g/mol. The number of nitrogens with zero attached hydrogens (tertiary/aromatic N) is 2. The largest absolute Gasteiger partial charge is 0.495 e. The molecule has 7 nitrogen and oxygen atoms in total. The summed E-state index contributed by atoms with van der Waals surface area (Å²) in [4.78, 5) is 14.4. The Labute approximate surface area is 168 Å². The number of ether oxygens (including phenoxy) is 1. The number of sulfonamides is 1. The van der Waals surface area contributed by atoms with Crippen LogP contribution in [0.1, 0.15) is 13.3 Å². The first-order valence-corrected chi connectivity index (χ1v) is 11.2. The van der Waals surface area contributed by atoms with Crippen molar-refractivity contribution in [3.8, 4) is 5.75 Å². The van der Waals surface area contributed by atoms with Crippen LogP contribution in [0.2, 0.25) is 0 Å². The molecule has 0 fully saturated rings. The van der Waals surface area contributed by atoms with E-state index in [1.165, 1.54) is 7.11 Å². The normalized spacial score (nSPS) is 14.8. The number of anilines is 2. The van der Waals surface area contributed by atoms with Crippen LogP contribution in [0, 0.1) is 0 Å². The molecule has 0 radical (unpaired) electrons. The Bertz CT molecular complexity index is 1010. The Hall–Kier alpha value is -2.52. The standard InChI is InChI=1S/C19H21N3O4S2/c1-3-12-22-15-9-5-7-11-17(15)28(24,25)21-19(22)27-13-18(23)20-14-8-4-6-10-16(14)26-2/h4-11H,3,12-13H2,1-2H3,(H,20,23). The van der Waals surface area contributed by atoms with E-state index in [0.717, 1.165) is 18.2 Å². The van der Waals surface area contributed by atoms with Gasteiger partial charge in [-0.1, -0.05) is 43.0 Å². The molecule has 9 heteroatoms. The van der Waals surface area contributed by atoms with Crippen molar-refractivity contribution in [2.75, 3.05) is 29.6 Å². The van der Waals surface area contributed by atoms with E-state index < -0.39 is 10.0 Å². The fourth-order valence-corrected chi connectivity index (χ4v) is 5.09. The van der Waals surface area contributed by atoms with E-state index in [4.69, 9.17) is 4.74 Å². The maximum Gasteiger partial charge on any atom is 0.286 e. The van der Waals surface area contributed by atoms with Gasteiger partial charge in [0.05, 0.1) is 24.2 Å². The molecule has 0 aliphatic carbocycles. The van der Waals surface area contributed by atoms with Crippen LogP contribution in [0.25, 0.3) is 0 Å². The highest BCUT2D eigenvalue weighted by Gasteiger charge is 2.30. The van der Waals surface area contributed by atoms with Gasteiger partial charge >= 0.3 is 0 Å². The van der Waals surface area contributed by atoms with Gasteiger partial charge in [-0.25, -0.2) is 0 Å². The summed E-state index contributed by atoms with van der Waals surface area (Å²) in [7, 11) is -2.26. The summed E-state index contributed by atoms with van der Waals surface area (Å²) in [6, 6.07) is 13.9. The van der Waals surface area contributed by atoms with E-state index in [9.17, 15) is 13.2 Å². The van der Waals surface area contributed by atoms with Gasteiger partial charge in [0.2, 0.25) is 5.91 Å². The van der Waals surface area contributed by atoms with Gasteiger partial charge in [-0.05, 0) is 30.7 Å². The molecule has 0 aromatic heterocycles. The highest BCUT2D eigenvalue weighted by Crippen LogP contribution is 2.34. The quantitative estimate of drug-likeness (QED) is 0.773. The summed E-state index contributed by atoms with van der Waals surface area (Å²) in [5.41, 5.74) is 1.15. The topological polar surface area (TPSA) is 88.1 Å². The molecule has 1 aliphatic heterocycles. The van der Waals surface area contributed by atoms with Crippen molar-refractivity contribution < 1.29 is 17.9 Å². The number of thioether (sulfide) groups is 1. The molecule has 1 aliphatic rings.